The Balaban J connectivity index is 0.746. The SMILES string of the molecule is C=C(CC[C@@]1(O)O[C@H]2C[C@H]3[C@@H]4CC=C5C[C@@H](O[C@@H]6O[C@H](CO)[C@@H](O[C@@H]7O[C@H](CO)[C@@H](O)[C@H](O[C@@H]8O[C@H](CO[C@@H]9O[C@H](CO)[C@@H](O)[C@H](O)[C@H]9O)[C@@H](O)[C@H](O)[C@H]8O)[C@H]7O)[C@H](O)[C@H]6O[C@@H]6O[C@@H](C)[C@H](O)[C@@H](O)[C@H]6O)CC[C@]5(C)[C@H]4CC[C@]3(C)[C@H]2[C@@H]1C)CO[C@@H]1O[C@H](CO)[C@@H](O)[C@H](O)[C@H]1O. The molecule has 0 amide bonds. The molecule has 0 unspecified atom stereocenters. The molecule has 0 aromatic rings. The Morgan fingerprint density at radius 3 is 1.65 bits per heavy atom. The average Bonchev–Trinajstić information content (AvgIpc) is 1.58. The van der Waals surface area contributed by atoms with E-state index in [0.717, 1.165) is 31.3 Å². The van der Waals surface area contributed by atoms with Crippen LogP contribution in [-0.2, 0) is 61.6 Å². The first kappa shape index (κ1) is 75.3. The maximum absolute atomic E-state index is 12.5. The van der Waals surface area contributed by atoms with E-state index in [4.69, 9.17) is 61.6 Å². The van der Waals surface area contributed by atoms with Crippen LogP contribution < -0.4 is 0 Å². The van der Waals surface area contributed by atoms with Crippen LogP contribution in [0.2, 0.25) is 0 Å². The predicted octanol–water partition coefficient (Wildman–Crippen LogP) is -7.44. The summed E-state index contributed by atoms with van der Waals surface area (Å²) in [6.45, 7) is 8.11. The van der Waals surface area contributed by atoms with Crippen molar-refractivity contribution in [1.29, 1.82) is 0 Å². The van der Waals surface area contributed by atoms with Gasteiger partial charge in [0.15, 0.2) is 43.5 Å². The van der Waals surface area contributed by atoms with Crippen LogP contribution in [0.4, 0.5) is 0 Å². The summed E-state index contributed by atoms with van der Waals surface area (Å²) < 4.78 is 77.6. The van der Waals surface area contributed by atoms with Crippen molar-refractivity contribution in [3.63, 3.8) is 0 Å². The minimum atomic E-state index is -2.15. The van der Waals surface area contributed by atoms with Crippen LogP contribution in [0.15, 0.2) is 23.8 Å². The van der Waals surface area contributed by atoms with Crippen molar-refractivity contribution >= 4 is 0 Å². The van der Waals surface area contributed by atoms with Gasteiger partial charge in [-0.15, -0.1) is 0 Å². The lowest BCUT2D eigenvalue weighted by Crippen LogP contribution is -2.68. The summed E-state index contributed by atoms with van der Waals surface area (Å²) in [5.41, 5.74) is 1.33. The molecule has 40 atom stereocenters. The van der Waals surface area contributed by atoms with Crippen LogP contribution in [0.5, 0.6) is 0 Å². The first-order valence-corrected chi connectivity index (χ1v) is 33.6. The first-order chi connectivity index (χ1) is 45.4. The molecule has 552 valence electrons. The van der Waals surface area contributed by atoms with Crippen LogP contribution in [0.25, 0.3) is 0 Å². The van der Waals surface area contributed by atoms with Gasteiger partial charge in [0.1, 0.15) is 140 Å². The van der Waals surface area contributed by atoms with Crippen molar-refractivity contribution in [3.8, 4) is 0 Å². The van der Waals surface area contributed by atoms with Gasteiger partial charge in [-0.3, -0.25) is 0 Å². The van der Waals surface area contributed by atoms with Crippen molar-refractivity contribution in [2.45, 2.75) is 288 Å². The highest BCUT2D eigenvalue weighted by Crippen LogP contribution is 2.70. The van der Waals surface area contributed by atoms with Gasteiger partial charge < -0.3 is 164 Å². The summed E-state index contributed by atoms with van der Waals surface area (Å²) in [5.74, 6) is -0.773. The number of allylic oxidation sites excluding steroid dienone is 1. The molecular formula is C63H102O33. The molecule has 0 aromatic carbocycles. The third-order valence-electron chi connectivity index (χ3n) is 23.5. The van der Waals surface area contributed by atoms with E-state index in [1.54, 1.807) is 0 Å². The fourth-order valence-electron chi connectivity index (χ4n) is 17.7. The molecule has 4 aliphatic carbocycles. The third-order valence-corrected chi connectivity index (χ3v) is 23.5. The molecule has 20 N–H and O–H groups in total. The number of hydrogen-bond donors (Lipinski definition) is 20. The van der Waals surface area contributed by atoms with Crippen LogP contribution in [0.1, 0.15) is 85.5 Å². The molecule has 96 heavy (non-hydrogen) atoms. The number of ether oxygens (including phenoxy) is 13. The molecule has 0 spiro atoms. The fourth-order valence-corrected chi connectivity index (χ4v) is 17.7. The van der Waals surface area contributed by atoms with E-state index in [0.29, 0.717) is 37.2 Å². The molecular weight excluding hydrogens is 1280 g/mol. The summed E-state index contributed by atoms with van der Waals surface area (Å²) >= 11 is 0. The summed E-state index contributed by atoms with van der Waals surface area (Å²) in [6.07, 6.45) is -44.8. The molecule has 10 fully saturated rings. The van der Waals surface area contributed by atoms with Crippen molar-refractivity contribution in [2.75, 3.05) is 39.6 Å². The molecule has 11 rings (SSSR count). The Bertz CT molecular complexity index is 2610. The van der Waals surface area contributed by atoms with Gasteiger partial charge in [-0.05, 0) is 92.8 Å². The van der Waals surface area contributed by atoms with E-state index in [2.05, 4.69) is 26.5 Å². The lowest BCUT2D eigenvalue weighted by molar-refractivity contribution is -0.397. The fraction of sp³-hybridized carbons (Fsp3) is 0.937. The zero-order valence-electron chi connectivity index (χ0n) is 54.0. The zero-order chi connectivity index (χ0) is 69.5. The molecule has 0 bridgehead atoms. The molecule has 0 aromatic heterocycles. The average molecular weight is 1390 g/mol. The Morgan fingerprint density at radius 1 is 0.510 bits per heavy atom. The van der Waals surface area contributed by atoms with Crippen molar-refractivity contribution in [2.24, 2.45) is 40.4 Å². The summed E-state index contributed by atoms with van der Waals surface area (Å²) in [7, 11) is 0. The second-order valence-corrected chi connectivity index (χ2v) is 29.1. The lowest BCUT2D eigenvalue weighted by Gasteiger charge is -2.58. The van der Waals surface area contributed by atoms with Gasteiger partial charge in [-0.1, -0.05) is 44.6 Å². The molecule has 7 saturated heterocycles. The Hall–Kier alpha value is -1.84. The third kappa shape index (κ3) is 14.0. The second kappa shape index (κ2) is 30.1. The number of hydrogen-bond acceptors (Lipinski definition) is 33. The largest absolute Gasteiger partial charge is 0.394 e. The molecule has 33 nitrogen and oxygen atoms in total. The number of rotatable bonds is 21. The Kier molecular flexibility index (Phi) is 23.6. The summed E-state index contributed by atoms with van der Waals surface area (Å²) in [5, 5.41) is 216. The van der Waals surface area contributed by atoms with E-state index >= 15 is 0 Å². The highest BCUT2D eigenvalue weighted by Gasteiger charge is 2.68. The van der Waals surface area contributed by atoms with Gasteiger partial charge in [0.25, 0.3) is 0 Å². The molecule has 0 radical (unpaired) electrons. The summed E-state index contributed by atoms with van der Waals surface area (Å²) in [6, 6.07) is 0. The second-order valence-electron chi connectivity index (χ2n) is 29.1. The maximum atomic E-state index is 12.5. The minimum absolute atomic E-state index is 0.0575. The van der Waals surface area contributed by atoms with Crippen LogP contribution >= 0.6 is 0 Å². The highest BCUT2D eigenvalue weighted by atomic mass is 16.8. The molecule has 11 aliphatic rings. The molecule has 7 aliphatic heterocycles. The quantitative estimate of drug-likeness (QED) is 0.0475. The topological polar surface area (TPSA) is 525 Å². The van der Waals surface area contributed by atoms with Crippen LogP contribution in [0.3, 0.4) is 0 Å². The minimum Gasteiger partial charge on any atom is -0.394 e. The number of aliphatic hydroxyl groups excluding tert-OH is 19. The lowest BCUT2D eigenvalue weighted by atomic mass is 9.47. The normalized spacial score (nSPS) is 54.4. The number of fused-ring (bicyclic) bond motifs is 7. The van der Waals surface area contributed by atoms with E-state index < -0.39 is 229 Å². The van der Waals surface area contributed by atoms with Gasteiger partial charge in [-0.2, -0.15) is 0 Å². The smallest absolute Gasteiger partial charge is 0.187 e. The van der Waals surface area contributed by atoms with Crippen LogP contribution in [0, 0.1) is 40.4 Å². The van der Waals surface area contributed by atoms with Crippen molar-refractivity contribution in [1.82, 2.24) is 0 Å². The van der Waals surface area contributed by atoms with E-state index in [1.807, 2.05) is 6.92 Å². The van der Waals surface area contributed by atoms with Gasteiger partial charge in [0.2, 0.25) is 0 Å². The monoisotopic (exact) mass is 1390 g/mol. The van der Waals surface area contributed by atoms with E-state index in [9.17, 15) is 102 Å². The predicted molar refractivity (Wildman–Crippen MR) is 315 cm³/mol. The molecule has 7 heterocycles. The van der Waals surface area contributed by atoms with Crippen LogP contribution in [-0.4, -0.2) is 344 Å². The number of aliphatic hydroxyl groups is 20. The van der Waals surface area contributed by atoms with Crippen molar-refractivity contribution in [3.05, 3.63) is 23.8 Å². The van der Waals surface area contributed by atoms with Crippen molar-refractivity contribution < 1.29 is 164 Å². The maximum Gasteiger partial charge on any atom is 0.187 e. The Morgan fingerprint density at radius 2 is 1.02 bits per heavy atom. The van der Waals surface area contributed by atoms with Gasteiger partial charge >= 0.3 is 0 Å². The molecule has 33 heteroatoms. The van der Waals surface area contributed by atoms with Gasteiger partial charge in [0.05, 0.1) is 58.0 Å². The standard InChI is InChI=1S/C63H102O33/c1-22(20-84-55-46(77)43(74)38(69)31(16-64)88-55)8-13-63(83)23(2)36-30(96-63)15-29-27-7-6-25-14-26(9-11-61(25,4)28(27)10-12-62(29,36)5)87-60-54(95-57-48(79)42(73)37(68)24(3)86-57)50(81)52(34(19-67)91-60)93-59-51(82)53(41(72)33(18-66)90-59)94-58-49(80)45(76)40(71)35(92-58)21-85-56-47(78)44(75)39(70)32(17-65)89-56/h6,23-24,26-60,64-83H,1,7-21H2,2-5H3/t23-,24-,26-,27+,28-,29-,30-,31+,32+,33+,34+,35+,36-,37-,38+,39+,40+,41+,42+,43-,44-,45-,46+,47+,48+,49+,50-,51+,52+,53-,54+,55+,56+,57-,58-,59-,60+,61-,62-,63+/m0/s1. The highest BCUT2D eigenvalue weighted by molar-refractivity contribution is 5.27. The Labute approximate surface area is 553 Å². The van der Waals surface area contributed by atoms with Gasteiger partial charge in [-0.25, -0.2) is 0 Å². The van der Waals surface area contributed by atoms with E-state index in [1.165, 1.54) is 6.92 Å². The summed E-state index contributed by atoms with van der Waals surface area (Å²) in [4.78, 5) is 0. The first-order valence-electron chi connectivity index (χ1n) is 33.6. The van der Waals surface area contributed by atoms with E-state index in [-0.39, 0.29) is 53.6 Å². The van der Waals surface area contributed by atoms with Gasteiger partial charge in [0, 0.05) is 12.3 Å². The molecule has 3 saturated carbocycles. The zero-order valence-corrected chi connectivity index (χ0v) is 54.0.